The van der Waals surface area contributed by atoms with E-state index in [9.17, 15) is 4.39 Å². The van der Waals surface area contributed by atoms with Crippen molar-refractivity contribution in [2.45, 2.75) is 12.5 Å². The summed E-state index contributed by atoms with van der Waals surface area (Å²) in [5.41, 5.74) is 0.702. The van der Waals surface area contributed by atoms with E-state index in [4.69, 9.17) is 4.74 Å². The van der Waals surface area contributed by atoms with Gasteiger partial charge in [0.1, 0.15) is 0 Å². The number of halogens is 1. The van der Waals surface area contributed by atoms with E-state index in [0.29, 0.717) is 17.7 Å². The summed E-state index contributed by atoms with van der Waals surface area (Å²) in [7, 11) is 3.39. The average molecular weight is 243 g/mol. The van der Waals surface area contributed by atoms with Crippen LogP contribution in [0.1, 0.15) is 5.56 Å². The molecule has 90 valence electrons. The molecule has 0 aliphatic heterocycles. The van der Waals surface area contributed by atoms with E-state index in [-0.39, 0.29) is 11.9 Å². The molecular formula is C12H18FNOS. The summed E-state index contributed by atoms with van der Waals surface area (Å²) in [6, 6.07) is 5.56. The number of hydrogen-bond acceptors (Lipinski definition) is 3. The second-order valence-corrected chi connectivity index (χ2v) is 4.49. The summed E-state index contributed by atoms with van der Waals surface area (Å²) in [5.74, 6) is 1.04. The maximum absolute atomic E-state index is 13.9. The lowest BCUT2D eigenvalue weighted by molar-refractivity contribution is 0.383. The quantitative estimate of drug-likeness (QED) is 0.828. The van der Waals surface area contributed by atoms with Gasteiger partial charge in [-0.1, -0.05) is 12.1 Å². The van der Waals surface area contributed by atoms with Crippen LogP contribution in [0.5, 0.6) is 5.75 Å². The highest BCUT2D eigenvalue weighted by Crippen LogP contribution is 2.21. The average Bonchev–Trinajstić information content (AvgIpc) is 2.31. The van der Waals surface area contributed by atoms with Crippen molar-refractivity contribution < 1.29 is 9.13 Å². The lowest BCUT2D eigenvalue weighted by Crippen LogP contribution is -2.30. The number of nitrogens with one attached hydrogen (secondary N) is 1. The first kappa shape index (κ1) is 13.3. The van der Waals surface area contributed by atoms with Crippen LogP contribution in [0, 0.1) is 5.82 Å². The molecule has 1 aromatic carbocycles. The van der Waals surface area contributed by atoms with Gasteiger partial charge in [-0.25, -0.2) is 4.39 Å². The molecule has 0 amide bonds. The zero-order chi connectivity index (χ0) is 12.0. The minimum atomic E-state index is -0.244. The zero-order valence-electron chi connectivity index (χ0n) is 9.92. The smallest absolute Gasteiger partial charge is 0.168 e. The predicted molar refractivity (Wildman–Crippen MR) is 67.9 cm³/mol. The molecule has 1 aromatic rings. The molecule has 2 nitrogen and oxygen atoms in total. The van der Waals surface area contributed by atoms with Crippen LogP contribution in [-0.4, -0.2) is 32.2 Å². The van der Waals surface area contributed by atoms with Gasteiger partial charge in [-0.05, 0) is 31.4 Å². The molecule has 16 heavy (non-hydrogen) atoms. The molecule has 0 heterocycles. The van der Waals surface area contributed by atoms with Crippen molar-refractivity contribution in [3.8, 4) is 5.75 Å². The Morgan fingerprint density at radius 2 is 2.25 bits per heavy atom. The molecule has 1 atom stereocenters. The lowest BCUT2D eigenvalue weighted by Gasteiger charge is -2.16. The zero-order valence-corrected chi connectivity index (χ0v) is 10.7. The van der Waals surface area contributed by atoms with Crippen LogP contribution >= 0.6 is 11.8 Å². The van der Waals surface area contributed by atoms with Crippen LogP contribution in [-0.2, 0) is 6.42 Å². The van der Waals surface area contributed by atoms with Gasteiger partial charge in [-0.15, -0.1) is 0 Å². The number of hydrogen-bond donors (Lipinski definition) is 1. The van der Waals surface area contributed by atoms with E-state index in [2.05, 4.69) is 5.32 Å². The Balaban J connectivity index is 2.79. The molecule has 1 rings (SSSR count). The van der Waals surface area contributed by atoms with Gasteiger partial charge >= 0.3 is 0 Å². The minimum Gasteiger partial charge on any atom is -0.494 e. The van der Waals surface area contributed by atoms with Gasteiger partial charge in [-0.3, -0.25) is 0 Å². The van der Waals surface area contributed by atoms with E-state index in [1.54, 1.807) is 17.8 Å². The highest BCUT2D eigenvalue weighted by atomic mass is 32.2. The third kappa shape index (κ3) is 3.39. The van der Waals surface area contributed by atoms with Gasteiger partial charge in [0.2, 0.25) is 0 Å². The highest BCUT2D eigenvalue weighted by Gasteiger charge is 2.12. The van der Waals surface area contributed by atoms with Crippen LogP contribution in [0.4, 0.5) is 4.39 Å². The Hall–Kier alpha value is -0.740. The molecule has 1 unspecified atom stereocenters. The molecule has 0 bridgehead atoms. The predicted octanol–water partition coefficient (Wildman–Crippen LogP) is 2.33. The van der Waals surface area contributed by atoms with Crippen molar-refractivity contribution in [2.24, 2.45) is 0 Å². The normalized spacial score (nSPS) is 12.5. The van der Waals surface area contributed by atoms with Crippen LogP contribution in [0.3, 0.4) is 0 Å². The first-order valence-corrected chi connectivity index (χ1v) is 6.59. The second-order valence-electron chi connectivity index (χ2n) is 3.58. The summed E-state index contributed by atoms with van der Waals surface area (Å²) in [4.78, 5) is 0. The molecule has 0 fully saturated rings. The van der Waals surface area contributed by atoms with E-state index in [1.807, 2.05) is 25.4 Å². The molecule has 0 aliphatic carbocycles. The van der Waals surface area contributed by atoms with Crippen LogP contribution in [0.2, 0.25) is 0 Å². The lowest BCUT2D eigenvalue weighted by atomic mass is 10.1. The summed E-state index contributed by atoms with van der Waals surface area (Å²) >= 11 is 1.75. The highest BCUT2D eigenvalue weighted by molar-refractivity contribution is 7.98. The van der Waals surface area contributed by atoms with Gasteiger partial charge in [0, 0.05) is 11.8 Å². The third-order valence-corrected chi connectivity index (χ3v) is 3.24. The topological polar surface area (TPSA) is 21.3 Å². The van der Waals surface area contributed by atoms with E-state index in [1.165, 1.54) is 7.11 Å². The Labute approximate surface area is 101 Å². The number of benzene rings is 1. The fraction of sp³-hybridized carbons (Fsp3) is 0.500. The maximum atomic E-state index is 13.9. The Bertz CT molecular complexity index is 333. The van der Waals surface area contributed by atoms with Crippen LogP contribution in [0.25, 0.3) is 0 Å². The largest absolute Gasteiger partial charge is 0.494 e. The molecule has 0 aliphatic rings. The first-order valence-electron chi connectivity index (χ1n) is 5.20. The molecule has 1 N–H and O–H groups in total. The van der Waals surface area contributed by atoms with E-state index >= 15 is 0 Å². The molecule has 0 saturated heterocycles. The number of ether oxygens (including phenoxy) is 1. The molecule has 0 saturated carbocycles. The molecule has 0 spiro atoms. The molecule has 4 heteroatoms. The summed E-state index contributed by atoms with van der Waals surface area (Å²) < 4.78 is 18.8. The van der Waals surface area contributed by atoms with Crippen LogP contribution in [0.15, 0.2) is 18.2 Å². The fourth-order valence-corrected chi connectivity index (χ4v) is 2.27. The fourth-order valence-electron chi connectivity index (χ4n) is 1.58. The number of rotatable bonds is 6. The van der Waals surface area contributed by atoms with Crippen molar-refractivity contribution in [2.75, 3.05) is 26.2 Å². The molecular weight excluding hydrogens is 225 g/mol. The number of likely N-dealkylation sites (N-methyl/N-ethyl adjacent to an activating group) is 1. The monoisotopic (exact) mass is 243 g/mol. The second kappa shape index (κ2) is 6.76. The maximum Gasteiger partial charge on any atom is 0.168 e. The van der Waals surface area contributed by atoms with Crippen molar-refractivity contribution in [3.63, 3.8) is 0 Å². The van der Waals surface area contributed by atoms with E-state index < -0.39 is 0 Å². The van der Waals surface area contributed by atoms with E-state index in [0.717, 1.165) is 5.75 Å². The van der Waals surface area contributed by atoms with Gasteiger partial charge in [0.15, 0.2) is 11.6 Å². The third-order valence-electron chi connectivity index (χ3n) is 2.51. The number of thioether (sulfide) groups is 1. The van der Waals surface area contributed by atoms with Gasteiger partial charge in [0.25, 0.3) is 0 Å². The Morgan fingerprint density at radius 1 is 1.50 bits per heavy atom. The Morgan fingerprint density at radius 3 is 2.81 bits per heavy atom. The summed E-state index contributed by atoms with van der Waals surface area (Å²) in [6.45, 7) is 0. The summed E-state index contributed by atoms with van der Waals surface area (Å²) in [5, 5.41) is 3.19. The standard InChI is InChI=1S/C12H18FNOS/c1-14-10(8-16-3)7-9-5-4-6-11(15-2)12(9)13/h4-6,10,14H,7-8H2,1-3H3. The minimum absolute atomic E-state index is 0.244. The van der Waals surface area contributed by atoms with Gasteiger partial charge in [-0.2, -0.15) is 11.8 Å². The van der Waals surface area contributed by atoms with Crippen molar-refractivity contribution in [1.82, 2.24) is 5.32 Å². The van der Waals surface area contributed by atoms with Gasteiger partial charge in [0.05, 0.1) is 7.11 Å². The number of methoxy groups -OCH3 is 1. The summed E-state index contributed by atoms with van der Waals surface area (Å²) in [6.07, 6.45) is 2.73. The Kier molecular flexibility index (Phi) is 5.63. The first-order chi connectivity index (χ1) is 7.72. The molecule has 0 radical (unpaired) electrons. The van der Waals surface area contributed by atoms with Crippen LogP contribution < -0.4 is 10.1 Å². The molecule has 0 aromatic heterocycles. The van der Waals surface area contributed by atoms with Crippen molar-refractivity contribution in [3.05, 3.63) is 29.6 Å². The van der Waals surface area contributed by atoms with Crippen molar-refractivity contribution in [1.29, 1.82) is 0 Å². The van der Waals surface area contributed by atoms with Crippen molar-refractivity contribution >= 4 is 11.8 Å². The van der Waals surface area contributed by atoms with Gasteiger partial charge < -0.3 is 10.1 Å². The SMILES string of the molecule is CNC(CSC)Cc1cccc(OC)c1F.